The van der Waals surface area contributed by atoms with Crippen LogP contribution in [0.15, 0.2) is 186 Å². The Morgan fingerprint density at radius 2 is 1.07 bits per heavy atom. The van der Waals surface area contributed by atoms with E-state index in [1.165, 1.54) is 55.1 Å². The van der Waals surface area contributed by atoms with Crippen molar-refractivity contribution in [1.29, 1.82) is 0 Å². The Hall–Kier alpha value is -6.84. The second-order valence-electron chi connectivity index (χ2n) is 14.9. The van der Waals surface area contributed by atoms with E-state index >= 15 is 0 Å². The van der Waals surface area contributed by atoms with Crippen LogP contribution in [0.3, 0.4) is 0 Å². The number of aromatic nitrogens is 1. The normalized spacial score (nSPS) is 13.1. The molecule has 2 heterocycles. The second-order valence-corrected chi connectivity index (χ2v) is 14.9. The third kappa shape index (κ3) is 4.48. The molecular formula is C51H36N2O. The molecule has 11 rings (SSSR count). The molecule has 0 bridgehead atoms. The Labute approximate surface area is 314 Å². The molecule has 1 aliphatic carbocycles. The highest BCUT2D eigenvalue weighted by Crippen LogP contribution is 2.51. The van der Waals surface area contributed by atoms with Crippen molar-refractivity contribution in [3.63, 3.8) is 0 Å². The molecule has 0 saturated heterocycles. The van der Waals surface area contributed by atoms with Crippen LogP contribution in [0, 0.1) is 0 Å². The van der Waals surface area contributed by atoms with E-state index < -0.39 is 0 Å². The Morgan fingerprint density at radius 1 is 0.444 bits per heavy atom. The Kier molecular flexibility index (Phi) is 6.60. The van der Waals surface area contributed by atoms with Crippen LogP contribution in [0.2, 0.25) is 0 Å². The number of benzene rings is 8. The third-order valence-corrected chi connectivity index (χ3v) is 11.6. The highest BCUT2D eigenvalue weighted by Gasteiger charge is 2.35. The number of furan rings is 1. The van der Waals surface area contributed by atoms with Crippen LogP contribution in [0.25, 0.3) is 71.7 Å². The van der Waals surface area contributed by atoms with Gasteiger partial charge in [-0.25, -0.2) is 0 Å². The molecule has 0 radical (unpaired) electrons. The van der Waals surface area contributed by atoms with Gasteiger partial charge in [-0.15, -0.1) is 0 Å². The summed E-state index contributed by atoms with van der Waals surface area (Å²) in [5, 5.41) is 4.75. The first-order chi connectivity index (χ1) is 26.5. The van der Waals surface area contributed by atoms with Gasteiger partial charge < -0.3 is 13.9 Å². The average molecular weight is 693 g/mol. The number of para-hydroxylation sites is 2. The standard InChI is InChI=1S/C51H36N2O/c1-51(2)43-17-9-6-14-39(43)40-29-28-38(32-44(40)51)52(35-22-20-34(21-23-35)33-12-4-3-5-13-33)36-24-26-37(27-25-36)53-45-18-10-7-15-41(45)49-46(53)30-31-48-50(49)42-16-8-11-19-47(42)54-48/h3-32H,1-2H3. The minimum Gasteiger partial charge on any atom is -0.456 e. The zero-order valence-corrected chi connectivity index (χ0v) is 30.1. The molecule has 3 nitrogen and oxygen atoms in total. The predicted molar refractivity (Wildman–Crippen MR) is 226 cm³/mol. The molecule has 2 aromatic heterocycles. The van der Waals surface area contributed by atoms with E-state index in [1.54, 1.807) is 0 Å². The molecule has 54 heavy (non-hydrogen) atoms. The van der Waals surface area contributed by atoms with Crippen LogP contribution in [-0.4, -0.2) is 4.57 Å². The van der Waals surface area contributed by atoms with Gasteiger partial charge in [-0.2, -0.15) is 0 Å². The van der Waals surface area contributed by atoms with Gasteiger partial charge in [-0.05, 0) is 106 Å². The van der Waals surface area contributed by atoms with Gasteiger partial charge in [0.25, 0.3) is 0 Å². The molecule has 0 aliphatic heterocycles. The van der Waals surface area contributed by atoms with E-state index in [-0.39, 0.29) is 5.41 Å². The molecule has 10 aromatic rings. The summed E-state index contributed by atoms with van der Waals surface area (Å²) in [5.41, 5.74) is 16.3. The van der Waals surface area contributed by atoms with Crippen molar-refractivity contribution < 1.29 is 4.42 Å². The number of fused-ring (bicyclic) bond motifs is 10. The quantitative estimate of drug-likeness (QED) is 0.179. The van der Waals surface area contributed by atoms with E-state index in [1.807, 2.05) is 6.07 Å². The lowest BCUT2D eigenvalue weighted by Gasteiger charge is -2.28. The van der Waals surface area contributed by atoms with Crippen LogP contribution in [0.5, 0.6) is 0 Å². The SMILES string of the molecule is CC1(C)c2ccccc2-c2ccc(N(c3ccc(-c4ccccc4)cc3)c3ccc(-n4c5ccccc5c5c6c(ccc54)oc4ccccc46)cc3)cc21. The van der Waals surface area contributed by atoms with E-state index in [4.69, 9.17) is 4.42 Å². The van der Waals surface area contributed by atoms with E-state index in [0.29, 0.717) is 0 Å². The largest absolute Gasteiger partial charge is 0.456 e. The van der Waals surface area contributed by atoms with Crippen molar-refractivity contribution in [3.8, 4) is 27.9 Å². The van der Waals surface area contributed by atoms with Crippen LogP contribution in [0.4, 0.5) is 17.1 Å². The number of anilines is 3. The van der Waals surface area contributed by atoms with Crippen LogP contribution >= 0.6 is 0 Å². The highest BCUT2D eigenvalue weighted by molar-refractivity contribution is 6.27. The molecule has 0 spiro atoms. The summed E-state index contributed by atoms with van der Waals surface area (Å²) >= 11 is 0. The first-order valence-electron chi connectivity index (χ1n) is 18.7. The minimum absolute atomic E-state index is 0.100. The van der Waals surface area contributed by atoms with Crippen molar-refractivity contribution >= 4 is 60.8 Å². The lowest BCUT2D eigenvalue weighted by Crippen LogP contribution is -2.16. The number of hydrogen-bond donors (Lipinski definition) is 0. The summed E-state index contributed by atoms with van der Waals surface area (Å²) < 4.78 is 8.72. The monoisotopic (exact) mass is 692 g/mol. The molecule has 8 aromatic carbocycles. The molecule has 1 aliphatic rings. The van der Waals surface area contributed by atoms with Gasteiger partial charge >= 0.3 is 0 Å². The summed E-state index contributed by atoms with van der Waals surface area (Å²) in [6.45, 7) is 4.70. The molecular weight excluding hydrogens is 657 g/mol. The van der Waals surface area contributed by atoms with Gasteiger partial charge in [-0.1, -0.05) is 123 Å². The zero-order chi connectivity index (χ0) is 36.0. The first kappa shape index (κ1) is 30.8. The predicted octanol–water partition coefficient (Wildman–Crippen LogP) is 14.1. The summed E-state index contributed by atoms with van der Waals surface area (Å²) in [5.74, 6) is 0. The molecule has 0 unspecified atom stereocenters. The molecule has 256 valence electrons. The molecule has 0 amide bonds. The van der Waals surface area contributed by atoms with Crippen molar-refractivity contribution in [3.05, 3.63) is 193 Å². The number of nitrogens with zero attached hydrogens (tertiary/aromatic N) is 2. The third-order valence-electron chi connectivity index (χ3n) is 11.6. The first-order valence-corrected chi connectivity index (χ1v) is 18.7. The van der Waals surface area contributed by atoms with E-state index in [0.717, 1.165) is 44.8 Å². The zero-order valence-electron chi connectivity index (χ0n) is 30.1. The van der Waals surface area contributed by atoms with Crippen molar-refractivity contribution in [1.82, 2.24) is 4.57 Å². The van der Waals surface area contributed by atoms with Gasteiger partial charge in [0.2, 0.25) is 0 Å². The van der Waals surface area contributed by atoms with Crippen molar-refractivity contribution in [2.45, 2.75) is 19.3 Å². The Bertz CT molecular complexity index is 3060. The molecule has 3 heteroatoms. The van der Waals surface area contributed by atoms with Gasteiger partial charge in [0.15, 0.2) is 0 Å². The molecule has 0 N–H and O–H groups in total. The van der Waals surface area contributed by atoms with Crippen LogP contribution < -0.4 is 4.90 Å². The van der Waals surface area contributed by atoms with Gasteiger partial charge in [0.05, 0.1) is 11.0 Å². The van der Waals surface area contributed by atoms with E-state index in [2.05, 4.69) is 199 Å². The minimum atomic E-state index is -0.100. The van der Waals surface area contributed by atoms with Crippen molar-refractivity contribution in [2.24, 2.45) is 0 Å². The number of hydrogen-bond acceptors (Lipinski definition) is 2. The van der Waals surface area contributed by atoms with Crippen molar-refractivity contribution in [2.75, 3.05) is 4.90 Å². The lowest BCUT2D eigenvalue weighted by molar-refractivity contribution is 0.660. The molecule has 0 saturated carbocycles. The summed E-state index contributed by atoms with van der Waals surface area (Å²) in [6.07, 6.45) is 0. The van der Waals surface area contributed by atoms with Gasteiger partial charge in [0.1, 0.15) is 11.2 Å². The molecule has 0 fully saturated rings. The summed E-state index contributed by atoms with van der Waals surface area (Å²) in [6, 6.07) is 65.9. The van der Waals surface area contributed by atoms with Gasteiger partial charge in [0, 0.05) is 49.7 Å². The Balaban J connectivity index is 1.07. The fourth-order valence-electron chi connectivity index (χ4n) is 9.02. The maximum absolute atomic E-state index is 6.33. The second kappa shape index (κ2) is 11.6. The lowest BCUT2D eigenvalue weighted by atomic mass is 9.82. The topological polar surface area (TPSA) is 21.3 Å². The number of rotatable bonds is 5. The smallest absolute Gasteiger partial charge is 0.136 e. The van der Waals surface area contributed by atoms with Crippen LogP contribution in [-0.2, 0) is 5.41 Å². The van der Waals surface area contributed by atoms with Crippen LogP contribution in [0.1, 0.15) is 25.0 Å². The summed E-state index contributed by atoms with van der Waals surface area (Å²) in [4.78, 5) is 2.39. The highest BCUT2D eigenvalue weighted by atomic mass is 16.3. The van der Waals surface area contributed by atoms with Gasteiger partial charge in [-0.3, -0.25) is 0 Å². The molecule has 0 atom stereocenters. The Morgan fingerprint density at radius 3 is 1.89 bits per heavy atom. The summed E-state index contributed by atoms with van der Waals surface area (Å²) in [7, 11) is 0. The fourth-order valence-corrected chi connectivity index (χ4v) is 9.02. The maximum atomic E-state index is 6.33. The fraction of sp³-hybridized carbons (Fsp3) is 0.0588. The maximum Gasteiger partial charge on any atom is 0.136 e. The average Bonchev–Trinajstić information content (AvgIpc) is 3.84. The van der Waals surface area contributed by atoms with E-state index in [9.17, 15) is 0 Å².